The van der Waals surface area contributed by atoms with Crippen LogP contribution in [-0.4, -0.2) is 50.2 Å². The van der Waals surface area contributed by atoms with E-state index in [2.05, 4.69) is 15.0 Å². The van der Waals surface area contributed by atoms with Crippen molar-refractivity contribution in [3.05, 3.63) is 71.8 Å². The summed E-state index contributed by atoms with van der Waals surface area (Å²) < 4.78 is 51.8. The number of aryl methyl sites for hydroxylation is 1. The zero-order chi connectivity index (χ0) is 28.4. The van der Waals surface area contributed by atoms with Crippen molar-refractivity contribution in [2.45, 2.75) is 38.6 Å². The summed E-state index contributed by atoms with van der Waals surface area (Å²) in [5.74, 6) is 1.32. The number of nitrogens with zero attached hydrogens (tertiary/aromatic N) is 6. The second kappa shape index (κ2) is 11.0. The lowest BCUT2D eigenvalue weighted by molar-refractivity contribution is -0.140. The Balaban J connectivity index is 1.39. The molecule has 0 fully saturated rings. The van der Waals surface area contributed by atoms with Gasteiger partial charge in [0.05, 0.1) is 25.1 Å². The molecule has 0 radical (unpaired) electrons. The molecule has 0 spiro atoms. The van der Waals surface area contributed by atoms with E-state index in [0.29, 0.717) is 40.8 Å². The number of carbonyl (C=O) groups is 1. The Labute approximate surface area is 228 Å². The number of amides is 1. The molecule has 1 atom stereocenters. The SMILES string of the molecule is CCC(COC)Oc1ncccc1-c1ncc2c(n1)N(Cc1ccc(-c3nc(C(F)(F)F)cn3C)cc1)C(=O)C2. The molecule has 4 aromatic rings. The summed E-state index contributed by atoms with van der Waals surface area (Å²) in [6, 6.07) is 10.5. The number of fused-ring (bicyclic) bond motifs is 1. The van der Waals surface area contributed by atoms with E-state index in [9.17, 15) is 18.0 Å². The molecule has 1 aromatic carbocycles. The highest BCUT2D eigenvalue weighted by atomic mass is 19.4. The maximum absolute atomic E-state index is 13.1. The van der Waals surface area contributed by atoms with Crippen LogP contribution in [0.3, 0.4) is 0 Å². The predicted octanol–water partition coefficient (Wildman–Crippen LogP) is 4.85. The normalized spacial score (nSPS) is 13.9. The first-order valence-electron chi connectivity index (χ1n) is 12.6. The van der Waals surface area contributed by atoms with Gasteiger partial charge in [-0.25, -0.2) is 19.9 Å². The van der Waals surface area contributed by atoms with E-state index in [1.165, 1.54) is 11.6 Å². The number of rotatable bonds is 9. The second-order valence-corrected chi connectivity index (χ2v) is 9.41. The number of carbonyl (C=O) groups excluding carboxylic acids is 1. The Morgan fingerprint density at radius 2 is 1.88 bits per heavy atom. The number of benzene rings is 1. The van der Waals surface area contributed by atoms with Gasteiger partial charge in [0.25, 0.3) is 0 Å². The minimum atomic E-state index is -4.52. The highest BCUT2D eigenvalue weighted by molar-refractivity contribution is 6.00. The summed E-state index contributed by atoms with van der Waals surface area (Å²) >= 11 is 0. The lowest BCUT2D eigenvalue weighted by Crippen LogP contribution is -2.26. The van der Waals surface area contributed by atoms with Gasteiger partial charge in [-0.05, 0) is 24.1 Å². The van der Waals surface area contributed by atoms with Crippen LogP contribution < -0.4 is 9.64 Å². The predicted molar refractivity (Wildman–Crippen MR) is 140 cm³/mol. The van der Waals surface area contributed by atoms with Crippen LogP contribution >= 0.6 is 0 Å². The maximum Gasteiger partial charge on any atom is 0.434 e. The molecule has 0 bridgehead atoms. The monoisotopic (exact) mass is 552 g/mol. The first kappa shape index (κ1) is 27.3. The third-order valence-corrected chi connectivity index (χ3v) is 6.56. The molecule has 9 nitrogen and oxygen atoms in total. The first-order chi connectivity index (χ1) is 19.2. The summed E-state index contributed by atoms with van der Waals surface area (Å²) in [5, 5.41) is 0. The van der Waals surface area contributed by atoms with E-state index in [1.54, 1.807) is 54.7 Å². The van der Waals surface area contributed by atoms with Gasteiger partial charge in [0.2, 0.25) is 11.8 Å². The van der Waals surface area contributed by atoms with Gasteiger partial charge in [0.15, 0.2) is 11.5 Å². The molecular formula is C28H27F3N6O3. The van der Waals surface area contributed by atoms with Crippen molar-refractivity contribution >= 4 is 11.7 Å². The van der Waals surface area contributed by atoms with E-state index < -0.39 is 11.9 Å². The summed E-state index contributed by atoms with van der Waals surface area (Å²) in [5.41, 5.74) is 1.66. The van der Waals surface area contributed by atoms with E-state index >= 15 is 0 Å². The Kier molecular flexibility index (Phi) is 7.53. The van der Waals surface area contributed by atoms with Crippen LogP contribution in [0.25, 0.3) is 22.8 Å². The molecule has 208 valence electrons. The second-order valence-electron chi connectivity index (χ2n) is 9.41. The fourth-order valence-corrected chi connectivity index (χ4v) is 4.47. The molecule has 1 unspecified atom stereocenters. The molecule has 4 heterocycles. The zero-order valence-corrected chi connectivity index (χ0v) is 22.1. The molecule has 1 amide bonds. The van der Waals surface area contributed by atoms with Gasteiger partial charge in [-0.3, -0.25) is 9.69 Å². The largest absolute Gasteiger partial charge is 0.471 e. The number of imidazole rings is 1. The van der Waals surface area contributed by atoms with Crippen LogP contribution in [0.15, 0.2) is 55.0 Å². The Bertz CT molecular complexity index is 1520. The van der Waals surface area contributed by atoms with Crippen LogP contribution in [0, 0.1) is 0 Å². The Hall–Kier alpha value is -4.32. The van der Waals surface area contributed by atoms with E-state index in [-0.39, 0.29) is 30.8 Å². The van der Waals surface area contributed by atoms with Gasteiger partial charge in [-0.15, -0.1) is 0 Å². The molecule has 3 aromatic heterocycles. The molecule has 0 aliphatic carbocycles. The van der Waals surface area contributed by atoms with Gasteiger partial charge in [-0.2, -0.15) is 13.2 Å². The molecule has 0 saturated carbocycles. The van der Waals surface area contributed by atoms with Crippen molar-refractivity contribution in [3.8, 4) is 28.7 Å². The summed E-state index contributed by atoms with van der Waals surface area (Å²) in [4.78, 5) is 31.8. The lowest BCUT2D eigenvalue weighted by Gasteiger charge is -2.19. The van der Waals surface area contributed by atoms with Gasteiger partial charge >= 0.3 is 6.18 Å². The van der Waals surface area contributed by atoms with Gasteiger partial charge in [0.1, 0.15) is 17.7 Å². The van der Waals surface area contributed by atoms with Crippen molar-refractivity contribution in [3.63, 3.8) is 0 Å². The van der Waals surface area contributed by atoms with Crippen molar-refractivity contribution in [1.29, 1.82) is 0 Å². The number of alkyl halides is 3. The van der Waals surface area contributed by atoms with Crippen LogP contribution in [0.1, 0.15) is 30.2 Å². The zero-order valence-electron chi connectivity index (χ0n) is 22.1. The number of hydrogen-bond donors (Lipinski definition) is 0. The number of hydrogen-bond acceptors (Lipinski definition) is 7. The molecule has 1 aliphatic heterocycles. The summed E-state index contributed by atoms with van der Waals surface area (Å²) in [6.07, 6.45) is 0.397. The number of pyridine rings is 1. The van der Waals surface area contributed by atoms with Crippen molar-refractivity contribution in [2.24, 2.45) is 7.05 Å². The van der Waals surface area contributed by atoms with Gasteiger partial charge in [0, 0.05) is 43.9 Å². The topological polar surface area (TPSA) is 95.3 Å². The number of anilines is 1. The van der Waals surface area contributed by atoms with E-state index in [4.69, 9.17) is 14.5 Å². The minimum Gasteiger partial charge on any atom is -0.471 e. The van der Waals surface area contributed by atoms with Gasteiger partial charge in [-0.1, -0.05) is 31.2 Å². The fourth-order valence-electron chi connectivity index (χ4n) is 4.47. The van der Waals surface area contributed by atoms with Gasteiger partial charge < -0.3 is 14.0 Å². The number of methoxy groups -OCH3 is 1. The lowest BCUT2D eigenvalue weighted by atomic mass is 10.1. The summed E-state index contributed by atoms with van der Waals surface area (Å²) in [6.45, 7) is 2.63. The van der Waals surface area contributed by atoms with Crippen molar-refractivity contribution < 1.29 is 27.4 Å². The Morgan fingerprint density at radius 1 is 1.10 bits per heavy atom. The maximum atomic E-state index is 13.1. The van der Waals surface area contributed by atoms with E-state index in [0.717, 1.165) is 18.2 Å². The van der Waals surface area contributed by atoms with Crippen LogP contribution in [0.5, 0.6) is 5.88 Å². The molecule has 5 rings (SSSR count). The molecule has 0 N–H and O–H groups in total. The smallest absolute Gasteiger partial charge is 0.434 e. The average Bonchev–Trinajstić information content (AvgIpc) is 3.48. The highest BCUT2D eigenvalue weighted by Gasteiger charge is 2.35. The molecule has 0 saturated heterocycles. The van der Waals surface area contributed by atoms with E-state index in [1.807, 2.05) is 13.0 Å². The third kappa shape index (κ3) is 5.53. The third-order valence-electron chi connectivity index (χ3n) is 6.56. The van der Waals surface area contributed by atoms with Crippen LogP contribution in [0.4, 0.5) is 19.0 Å². The number of ether oxygens (including phenoxy) is 2. The fraction of sp³-hybridized carbons (Fsp3) is 0.321. The Morgan fingerprint density at radius 3 is 2.55 bits per heavy atom. The molecular weight excluding hydrogens is 525 g/mol. The van der Waals surface area contributed by atoms with Crippen molar-refractivity contribution in [1.82, 2.24) is 24.5 Å². The molecule has 40 heavy (non-hydrogen) atoms. The number of halogens is 3. The average molecular weight is 553 g/mol. The quantitative estimate of drug-likeness (QED) is 0.293. The standard InChI is InChI=1S/C28H27F3N6O3/c1-4-20(16-39-3)40-27-21(6-5-11-32-27)24-33-13-19-12-23(38)37(26(19)35-24)14-17-7-9-18(10-8-17)25-34-22(15-36(25)2)28(29,30)31/h5-11,13,15,20H,4,12,14,16H2,1-3H3. The van der Waals surface area contributed by atoms with Crippen molar-refractivity contribution in [2.75, 3.05) is 18.6 Å². The molecule has 12 heteroatoms. The molecule has 1 aliphatic rings. The van der Waals surface area contributed by atoms with Crippen LogP contribution in [0.2, 0.25) is 0 Å². The summed E-state index contributed by atoms with van der Waals surface area (Å²) in [7, 11) is 3.12. The highest BCUT2D eigenvalue weighted by Crippen LogP contribution is 2.34. The minimum absolute atomic E-state index is 0.127. The first-order valence-corrected chi connectivity index (χ1v) is 12.6. The number of aromatic nitrogens is 5. The van der Waals surface area contributed by atoms with Crippen LogP contribution in [-0.2, 0) is 35.7 Å².